The van der Waals surface area contributed by atoms with Gasteiger partial charge in [-0.1, -0.05) is 50.3 Å². The molecule has 0 aliphatic carbocycles. The van der Waals surface area contributed by atoms with Gasteiger partial charge in [0.2, 0.25) is 0 Å². The minimum Gasteiger partial charge on any atom is -0.368 e. The summed E-state index contributed by atoms with van der Waals surface area (Å²) in [6.45, 7) is 4.00. The first-order chi connectivity index (χ1) is 8.00. The van der Waals surface area contributed by atoms with Gasteiger partial charge in [0.15, 0.2) is 0 Å². The van der Waals surface area contributed by atoms with E-state index >= 15 is 0 Å². The maximum atomic E-state index is 2.92. The Morgan fingerprint density at radius 2 is 1.12 bits per heavy atom. The molecule has 0 saturated heterocycles. The van der Waals surface area contributed by atoms with E-state index in [-0.39, 0.29) is 1.43 Å². The molecule has 0 spiro atoms. The van der Waals surface area contributed by atoms with Gasteiger partial charge in [-0.3, -0.25) is 0 Å². The molecule has 0 bridgehead atoms. The Bertz CT molecular complexity index is 252. The first-order valence-electron chi connectivity index (χ1n) is 5.38. The first-order valence-corrected chi connectivity index (χ1v) is 6.32. The van der Waals surface area contributed by atoms with Crippen LogP contribution in [0.15, 0.2) is 71.8 Å². The number of hydrogen-bond acceptors (Lipinski definition) is 2. The average molecular weight is 235 g/mol. The smallest absolute Gasteiger partial charge is 0.000442 e. The highest BCUT2D eigenvalue weighted by molar-refractivity contribution is 8.04. The fourth-order valence-electron chi connectivity index (χ4n) is 0.761. The number of thioether (sulfide) groups is 1. The monoisotopic (exact) mass is 235 g/mol. The Balaban J connectivity index is 0. The molecule has 2 heteroatoms. The molecule has 2 heterocycles. The third kappa shape index (κ3) is 10.7. The van der Waals surface area contributed by atoms with Crippen molar-refractivity contribution in [1.82, 2.24) is 5.32 Å². The van der Waals surface area contributed by atoms with Crippen molar-refractivity contribution in [2.75, 3.05) is 0 Å². The van der Waals surface area contributed by atoms with Crippen LogP contribution in [0, 0.1) is 0 Å². The van der Waals surface area contributed by atoms with Crippen LogP contribution in [0.25, 0.3) is 0 Å². The molecule has 0 aromatic heterocycles. The largest absolute Gasteiger partial charge is 0.368 e. The Hall–Kier alpha value is -1.41. The topological polar surface area (TPSA) is 12.0 Å². The lowest BCUT2D eigenvalue weighted by atomic mass is 10.5. The van der Waals surface area contributed by atoms with E-state index in [0.29, 0.717) is 0 Å². The zero-order chi connectivity index (χ0) is 11.9. The first kappa shape index (κ1) is 14.6. The van der Waals surface area contributed by atoms with E-state index in [2.05, 4.69) is 5.32 Å². The molecule has 0 radical (unpaired) electrons. The van der Waals surface area contributed by atoms with Crippen molar-refractivity contribution in [3.63, 3.8) is 0 Å². The zero-order valence-corrected chi connectivity index (χ0v) is 10.7. The summed E-state index contributed by atoms with van der Waals surface area (Å²) in [4.78, 5) is 0. The molecule has 88 valence electrons. The highest BCUT2D eigenvalue weighted by Crippen LogP contribution is 2.06. The summed E-state index contributed by atoms with van der Waals surface area (Å²) in [5.41, 5.74) is 0. The van der Waals surface area contributed by atoms with E-state index in [1.54, 1.807) is 11.8 Å². The molecule has 0 aromatic carbocycles. The third-order valence-electron chi connectivity index (χ3n) is 1.37. The molecule has 0 fully saturated rings. The zero-order valence-electron chi connectivity index (χ0n) is 9.84. The minimum absolute atomic E-state index is 0. The van der Waals surface area contributed by atoms with Crippen molar-refractivity contribution in [3.05, 3.63) is 71.8 Å². The molecule has 1 N–H and O–H groups in total. The molecular formula is C14H21NS. The Kier molecular flexibility index (Phi) is 12.4. The number of allylic oxidation sites excluding steroid dienone is 8. The van der Waals surface area contributed by atoms with Crippen molar-refractivity contribution in [2.45, 2.75) is 13.8 Å². The quantitative estimate of drug-likeness (QED) is 0.649. The van der Waals surface area contributed by atoms with Gasteiger partial charge in [-0.15, -0.1) is 11.8 Å². The van der Waals surface area contributed by atoms with Gasteiger partial charge < -0.3 is 5.32 Å². The average Bonchev–Trinajstić information content (AvgIpc) is 2.82. The SMILES string of the molecule is C1=CC=CNC=C1.C1=CC=CSC=C1.CC.[HH]. The Labute approximate surface area is 105 Å². The molecule has 0 amide bonds. The second-order valence-electron chi connectivity index (χ2n) is 2.45. The Morgan fingerprint density at radius 1 is 0.688 bits per heavy atom. The van der Waals surface area contributed by atoms with Crippen LogP contribution >= 0.6 is 11.8 Å². The van der Waals surface area contributed by atoms with Crippen molar-refractivity contribution in [1.29, 1.82) is 0 Å². The predicted octanol–water partition coefficient (Wildman–Crippen LogP) is 4.76. The number of rotatable bonds is 0. The molecule has 1 nitrogen and oxygen atoms in total. The van der Waals surface area contributed by atoms with Crippen LogP contribution in [0.5, 0.6) is 0 Å². The number of nitrogens with one attached hydrogen (secondary N) is 1. The van der Waals surface area contributed by atoms with E-state index in [1.165, 1.54) is 0 Å². The second kappa shape index (κ2) is 13.6. The maximum Gasteiger partial charge on any atom is 0.000442 e. The predicted molar refractivity (Wildman–Crippen MR) is 79.0 cm³/mol. The van der Waals surface area contributed by atoms with Crippen LogP contribution in [-0.4, -0.2) is 0 Å². The summed E-state index contributed by atoms with van der Waals surface area (Å²) >= 11 is 1.69. The van der Waals surface area contributed by atoms with E-state index in [9.17, 15) is 0 Å². The van der Waals surface area contributed by atoms with Gasteiger partial charge in [0.05, 0.1) is 0 Å². The molecule has 16 heavy (non-hydrogen) atoms. The van der Waals surface area contributed by atoms with Crippen LogP contribution < -0.4 is 5.32 Å². The van der Waals surface area contributed by atoms with Crippen molar-refractivity contribution in [3.8, 4) is 0 Å². The molecular weight excluding hydrogens is 214 g/mol. The lowest BCUT2D eigenvalue weighted by Gasteiger charge is -1.79. The van der Waals surface area contributed by atoms with Gasteiger partial charge in [-0.25, -0.2) is 0 Å². The van der Waals surface area contributed by atoms with Crippen LogP contribution in [0.1, 0.15) is 15.3 Å². The summed E-state index contributed by atoms with van der Waals surface area (Å²) in [5.74, 6) is 0. The van der Waals surface area contributed by atoms with Crippen molar-refractivity contribution >= 4 is 11.8 Å². The molecule has 2 aliphatic heterocycles. The molecule has 0 saturated carbocycles. The van der Waals surface area contributed by atoms with Gasteiger partial charge in [-0.2, -0.15) is 0 Å². The van der Waals surface area contributed by atoms with Gasteiger partial charge in [-0.05, 0) is 23.0 Å². The van der Waals surface area contributed by atoms with Crippen molar-refractivity contribution < 1.29 is 1.43 Å². The summed E-state index contributed by atoms with van der Waals surface area (Å²) in [5, 5.41) is 7.01. The Morgan fingerprint density at radius 3 is 1.62 bits per heavy atom. The minimum atomic E-state index is 0. The third-order valence-corrected chi connectivity index (χ3v) is 1.99. The van der Waals surface area contributed by atoms with Crippen LogP contribution in [0.2, 0.25) is 0 Å². The van der Waals surface area contributed by atoms with Gasteiger partial charge in [0, 0.05) is 13.8 Å². The molecule has 0 aromatic rings. The molecule has 0 unspecified atom stereocenters. The fraction of sp³-hybridized carbons (Fsp3) is 0.143. The fourth-order valence-corrected chi connectivity index (χ4v) is 1.21. The standard InChI is InChI=1S/C6H7N.C6H6S.C2H6.H2/c2*1-2-4-6-7-5-3-1;1-2;/h1-7H;1-6H;1-2H3;1H. The van der Waals surface area contributed by atoms with Crippen LogP contribution in [0.3, 0.4) is 0 Å². The molecule has 2 aliphatic rings. The van der Waals surface area contributed by atoms with E-state index in [4.69, 9.17) is 0 Å². The summed E-state index contributed by atoms with van der Waals surface area (Å²) in [6.07, 6.45) is 19.6. The summed E-state index contributed by atoms with van der Waals surface area (Å²) in [6, 6.07) is 0. The second-order valence-corrected chi connectivity index (χ2v) is 3.26. The lowest BCUT2D eigenvalue weighted by molar-refractivity contribution is 1.20. The molecule has 0 atom stereocenters. The summed E-state index contributed by atoms with van der Waals surface area (Å²) in [7, 11) is 0. The normalized spacial score (nSPS) is 14.9. The van der Waals surface area contributed by atoms with Gasteiger partial charge in [0.25, 0.3) is 0 Å². The van der Waals surface area contributed by atoms with Gasteiger partial charge >= 0.3 is 0 Å². The lowest BCUT2D eigenvalue weighted by Crippen LogP contribution is -1.87. The number of hydrogen-bond donors (Lipinski definition) is 1. The highest BCUT2D eigenvalue weighted by atomic mass is 32.2. The van der Waals surface area contributed by atoms with Crippen LogP contribution in [-0.2, 0) is 0 Å². The van der Waals surface area contributed by atoms with E-state index < -0.39 is 0 Å². The van der Waals surface area contributed by atoms with Crippen LogP contribution in [0.4, 0.5) is 0 Å². The van der Waals surface area contributed by atoms with E-state index in [1.807, 2.05) is 85.7 Å². The highest BCUT2D eigenvalue weighted by Gasteiger charge is 1.71. The molecule has 2 rings (SSSR count). The van der Waals surface area contributed by atoms with Gasteiger partial charge in [0.1, 0.15) is 0 Å². The van der Waals surface area contributed by atoms with Crippen molar-refractivity contribution in [2.24, 2.45) is 0 Å². The summed E-state index contributed by atoms with van der Waals surface area (Å²) < 4.78 is 0. The van der Waals surface area contributed by atoms with E-state index in [0.717, 1.165) is 0 Å². The maximum absolute atomic E-state index is 2.92.